The maximum Gasteiger partial charge on any atom is 0.416 e. The van der Waals surface area contributed by atoms with Crippen LogP contribution in [0, 0.1) is 0 Å². The summed E-state index contributed by atoms with van der Waals surface area (Å²) in [5, 5.41) is 5.09. The fourth-order valence-corrected chi connectivity index (χ4v) is 3.19. The van der Waals surface area contributed by atoms with Gasteiger partial charge < -0.3 is 0 Å². The molecule has 2 heterocycles. The summed E-state index contributed by atoms with van der Waals surface area (Å²) < 4.78 is 42.2. The molecule has 0 N–H and O–H groups in total. The largest absolute Gasteiger partial charge is 0.416 e. The first kappa shape index (κ1) is 18.9. The highest BCUT2D eigenvalue weighted by Crippen LogP contribution is 2.29. The molecule has 0 bridgehead atoms. The van der Waals surface area contributed by atoms with E-state index in [9.17, 15) is 18.0 Å². The number of hydrogen-bond donors (Lipinski definition) is 0. The number of Topliss-reactive ketones (excluding diaryl/α,β-unsaturated/α-hetero) is 1. The molecule has 0 radical (unpaired) electrons. The maximum atomic E-state index is 12.9. The van der Waals surface area contributed by atoms with E-state index in [-0.39, 0.29) is 12.1 Å². The zero-order chi connectivity index (χ0) is 20.4. The number of halogens is 3. The Morgan fingerprint density at radius 1 is 1.03 bits per heavy atom. The van der Waals surface area contributed by atoms with Crippen LogP contribution < -0.4 is 4.57 Å². The van der Waals surface area contributed by atoms with Crippen molar-refractivity contribution in [3.8, 4) is 0 Å². The van der Waals surface area contributed by atoms with E-state index >= 15 is 0 Å². The zero-order valence-corrected chi connectivity index (χ0v) is 15.3. The minimum Gasteiger partial charge on any atom is -0.292 e. The highest BCUT2D eigenvalue weighted by atomic mass is 19.4. The fraction of sp³-hybridized carbons (Fsp3) is 0.136. The number of fused-ring (bicyclic) bond motifs is 1. The van der Waals surface area contributed by atoms with Crippen LogP contribution in [0.15, 0.2) is 79.3 Å². The van der Waals surface area contributed by atoms with Crippen LogP contribution in [-0.2, 0) is 19.3 Å². The number of nitrogens with zero attached hydrogens (tertiary/aromatic N) is 3. The monoisotopic (exact) mass is 396 g/mol. The third kappa shape index (κ3) is 4.18. The summed E-state index contributed by atoms with van der Waals surface area (Å²) >= 11 is 0. The first-order valence-corrected chi connectivity index (χ1v) is 8.99. The molecule has 2 aromatic heterocycles. The van der Waals surface area contributed by atoms with Gasteiger partial charge in [-0.3, -0.25) is 9.48 Å². The normalized spacial score (nSPS) is 11.7. The van der Waals surface area contributed by atoms with Gasteiger partial charge in [0.25, 0.3) is 0 Å². The van der Waals surface area contributed by atoms with E-state index in [2.05, 4.69) is 5.10 Å². The van der Waals surface area contributed by atoms with Gasteiger partial charge in [-0.05, 0) is 12.1 Å². The van der Waals surface area contributed by atoms with Crippen molar-refractivity contribution in [1.82, 2.24) is 9.78 Å². The van der Waals surface area contributed by atoms with Gasteiger partial charge in [0, 0.05) is 17.2 Å². The molecule has 0 aliphatic rings. The second-order valence-corrected chi connectivity index (χ2v) is 6.75. The Kier molecular flexibility index (Phi) is 4.88. The predicted octanol–water partition coefficient (Wildman–Crippen LogP) is 4.27. The lowest BCUT2D eigenvalue weighted by atomic mass is 10.1. The van der Waals surface area contributed by atoms with Gasteiger partial charge in [0.1, 0.15) is 6.54 Å². The molecule has 0 fully saturated rings. The number of carbonyl (C=O) groups is 1. The number of aromatic nitrogens is 3. The summed E-state index contributed by atoms with van der Waals surface area (Å²) in [6, 6.07) is 16.3. The average molecular weight is 396 g/mol. The van der Waals surface area contributed by atoms with E-state index in [0.717, 1.165) is 28.6 Å². The van der Waals surface area contributed by atoms with Crippen LogP contribution in [0.25, 0.3) is 10.9 Å². The van der Waals surface area contributed by atoms with Crippen molar-refractivity contribution in [2.45, 2.75) is 19.3 Å². The van der Waals surface area contributed by atoms with Crippen molar-refractivity contribution in [1.29, 1.82) is 0 Å². The maximum absolute atomic E-state index is 12.9. The van der Waals surface area contributed by atoms with Gasteiger partial charge in [-0.1, -0.05) is 42.5 Å². The number of alkyl halides is 3. The molecule has 2 aromatic carbocycles. The molecule has 4 aromatic rings. The van der Waals surface area contributed by atoms with E-state index in [0.29, 0.717) is 6.54 Å². The van der Waals surface area contributed by atoms with Crippen molar-refractivity contribution in [2.24, 2.45) is 0 Å². The molecular formula is C22H17F3N3O+. The third-order valence-electron chi connectivity index (χ3n) is 4.65. The molecule has 0 saturated heterocycles. The Morgan fingerprint density at radius 2 is 1.83 bits per heavy atom. The average Bonchev–Trinajstić information content (AvgIpc) is 3.10. The number of pyridine rings is 1. The van der Waals surface area contributed by atoms with Crippen LogP contribution >= 0.6 is 0 Å². The zero-order valence-electron chi connectivity index (χ0n) is 15.3. The smallest absolute Gasteiger partial charge is 0.292 e. The van der Waals surface area contributed by atoms with Gasteiger partial charge >= 0.3 is 6.18 Å². The summed E-state index contributed by atoms with van der Waals surface area (Å²) in [6.45, 7) is 0.568. The molecule has 0 atom stereocenters. The summed E-state index contributed by atoms with van der Waals surface area (Å²) in [4.78, 5) is 12.5. The van der Waals surface area contributed by atoms with Crippen molar-refractivity contribution in [3.63, 3.8) is 0 Å². The van der Waals surface area contributed by atoms with Crippen LogP contribution in [0.1, 0.15) is 21.5 Å². The van der Waals surface area contributed by atoms with E-state index < -0.39 is 17.5 Å². The van der Waals surface area contributed by atoms with Gasteiger partial charge in [-0.2, -0.15) is 22.8 Å². The molecule has 0 aliphatic carbocycles. The first-order chi connectivity index (χ1) is 13.9. The van der Waals surface area contributed by atoms with Crippen molar-refractivity contribution in [2.75, 3.05) is 0 Å². The summed E-state index contributed by atoms with van der Waals surface area (Å²) in [5.74, 6) is -0.429. The molecule has 0 amide bonds. The predicted molar refractivity (Wildman–Crippen MR) is 101 cm³/mol. The van der Waals surface area contributed by atoms with Crippen molar-refractivity contribution >= 4 is 16.7 Å². The van der Waals surface area contributed by atoms with Crippen LogP contribution in [-0.4, -0.2) is 15.6 Å². The number of rotatable bonds is 5. The van der Waals surface area contributed by atoms with Gasteiger partial charge in [-0.15, -0.1) is 0 Å². The SMILES string of the molecule is O=C(Cn1ncc2c[n+](Cc3ccccc3)ccc21)c1cccc(C(F)(F)F)c1. The van der Waals surface area contributed by atoms with Crippen LogP contribution in [0.5, 0.6) is 0 Å². The quantitative estimate of drug-likeness (QED) is 0.373. The molecule has 146 valence electrons. The van der Waals surface area contributed by atoms with Gasteiger partial charge in [-0.25, -0.2) is 0 Å². The number of hydrogen-bond acceptors (Lipinski definition) is 2. The van der Waals surface area contributed by atoms with Gasteiger partial charge in [0.15, 0.2) is 24.7 Å². The molecule has 0 saturated carbocycles. The lowest BCUT2D eigenvalue weighted by Gasteiger charge is -2.08. The lowest BCUT2D eigenvalue weighted by molar-refractivity contribution is -0.687. The summed E-state index contributed by atoms with van der Waals surface area (Å²) in [5.41, 5.74) is 1.08. The molecule has 7 heteroatoms. The van der Waals surface area contributed by atoms with Gasteiger partial charge in [0.05, 0.1) is 22.7 Å². The number of ketones is 1. The molecular weight excluding hydrogens is 379 g/mol. The van der Waals surface area contributed by atoms with E-state index in [1.165, 1.54) is 16.8 Å². The Balaban J connectivity index is 1.55. The van der Waals surface area contributed by atoms with Crippen molar-refractivity contribution in [3.05, 3.63) is 95.9 Å². The Hall–Kier alpha value is -3.48. The van der Waals surface area contributed by atoms with E-state index in [1.807, 2.05) is 53.4 Å². The van der Waals surface area contributed by atoms with Crippen LogP contribution in [0.2, 0.25) is 0 Å². The summed E-state index contributed by atoms with van der Waals surface area (Å²) in [6.07, 6.45) is 0.986. The van der Waals surface area contributed by atoms with Crippen LogP contribution in [0.3, 0.4) is 0 Å². The third-order valence-corrected chi connectivity index (χ3v) is 4.65. The van der Waals surface area contributed by atoms with Crippen molar-refractivity contribution < 1.29 is 22.5 Å². The van der Waals surface area contributed by atoms with E-state index in [1.54, 1.807) is 6.20 Å². The topological polar surface area (TPSA) is 38.8 Å². The highest BCUT2D eigenvalue weighted by molar-refractivity contribution is 5.96. The second kappa shape index (κ2) is 7.50. The molecule has 0 spiro atoms. The van der Waals surface area contributed by atoms with Crippen LogP contribution in [0.4, 0.5) is 13.2 Å². The minimum absolute atomic E-state index is 0.0125. The lowest BCUT2D eigenvalue weighted by Crippen LogP contribution is -2.33. The van der Waals surface area contributed by atoms with Gasteiger partial charge in [0.2, 0.25) is 0 Å². The molecule has 4 nitrogen and oxygen atoms in total. The van der Waals surface area contributed by atoms with E-state index in [4.69, 9.17) is 0 Å². The Labute approximate surface area is 164 Å². The first-order valence-electron chi connectivity index (χ1n) is 8.99. The minimum atomic E-state index is -4.49. The standard InChI is InChI=1S/C22H17F3N3O/c23-22(24,25)19-8-4-7-17(11-19)21(29)15-28-20-9-10-27(14-18(20)12-26-28)13-16-5-2-1-3-6-16/h1-12,14H,13,15H2/q+1. The Morgan fingerprint density at radius 3 is 2.59 bits per heavy atom. The molecule has 4 rings (SSSR count). The fourth-order valence-electron chi connectivity index (χ4n) is 3.19. The highest BCUT2D eigenvalue weighted by Gasteiger charge is 2.30. The second-order valence-electron chi connectivity index (χ2n) is 6.75. The number of benzene rings is 2. The Bertz CT molecular complexity index is 1170. The molecule has 0 unspecified atom stereocenters. The summed E-state index contributed by atoms with van der Waals surface area (Å²) in [7, 11) is 0. The molecule has 0 aliphatic heterocycles. The number of carbonyl (C=O) groups excluding carboxylic acids is 1. The molecule has 29 heavy (non-hydrogen) atoms.